The number of hydrogen-bond acceptors (Lipinski definition) is 6. The van der Waals surface area contributed by atoms with E-state index in [9.17, 15) is 14.4 Å². The number of anilines is 1. The molecule has 3 aromatic rings. The van der Waals surface area contributed by atoms with E-state index in [2.05, 4.69) is 20.6 Å². The minimum atomic E-state index is -0.890. The minimum absolute atomic E-state index is 0.261. The van der Waals surface area contributed by atoms with E-state index in [1.165, 1.54) is 13.3 Å². The third-order valence-electron chi connectivity index (χ3n) is 4.66. The van der Waals surface area contributed by atoms with Crippen LogP contribution in [0.25, 0.3) is 0 Å². The van der Waals surface area contributed by atoms with Crippen molar-refractivity contribution in [2.75, 3.05) is 12.4 Å². The molecule has 0 aliphatic heterocycles. The fourth-order valence-electron chi connectivity index (χ4n) is 2.84. The lowest BCUT2D eigenvalue weighted by Crippen LogP contribution is -2.32. The first-order valence-electron chi connectivity index (χ1n) is 10.1. The maximum atomic E-state index is 12.1. The molecular weight excluding hydrogens is 422 g/mol. The molecule has 0 fully saturated rings. The molecule has 33 heavy (non-hydrogen) atoms. The summed E-state index contributed by atoms with van der Waals surface area (Å²) < 4.78 is 10.5. The molecule has 0 unspecified atom stereocenters. The summed E-state index contributed by atoms with van der Waals surface area (Å²) in [6.45, 7) is 2.09. The molecular formula is C25H23N3O5. The van der Waals surface area contributed by atoms with Gasteiger partial charge < -0.3 is 14.8 Å². The van der Waals surface area contributed by atoms with Crippen molar-refractivity contribution in [2.24, 2.45) is 5.10 Å². The Bertz CT molecular complexity index is 1170. The molecule has 8 nitrogen and oxygen atoms in total. The maximum Gasteiger partial charge on any atom is 0.337 e. The molecule has 0 bridgehead atoms. The van der Waals surface area contributed by atoms with Gasteiger partial charge in [0.15, 0.2) is 0 Å². The lowest BCUT2D eigenvalue weighted by atomic mass is 10.1. The lowest BCUT2D eigenvalue weighted by molar-refractivity contribution is -0.136. The Labute approximate surface area is 191 Å². The molecule has 0 aromatic heterocycles. The van der Waals surface area contributed by atoms with Gasteiger partial charge in [-0.3, -0.25) is 9.59 Å². The molecule has 168 valence electrons. The Hall–Kier alpha value is -4.46. The first-order chi connectivity index (χ1) is 16.0. The van der Waals surface area contributed by atoms with E-state index in [0.717, 1.165) is 11.1 Å². The fraction of sp³-hybridized carbons (Fsp3) is 0.120. The molecule has 2 N–H and O–H groups in total. The van der Waals surface area contributed by atoms with Crippen molar-refractivity contribution in [1.29, 1.82) is 0 Å². The van der Waals surface area contributed by atoms with E-state index in [1.807, 2.05) is 19.1 Å². The van der Waals surface area contributed by atoms with E-state index in [4.69, 9.17) is 4.74 Å². The Balaban J connectivity index is 1.57. The highest BCUT2D eigenvalue weighted by molar-refractivity contribution is 6.39. The summed E-state index contributed by atoms with van der Waals surface area (Å²) in [7, 11) is 1.33. The Morgan fingerprint density at radius 1 is 0.909 bits per heavy atom. The molecule has 3 rings (SSSR count). The van der Waals surface area contributed by atoms with Crippen molar-refractivity contribution < 1.29 is 23.9 Å². The second-order valence-electron chi connectivity index (χ2n) is 6.98. The topological polar surface area (TPSA) is 106 Å². The normalized spacial score (nSPS) is 10.5. The van der Waals surface area contributed by atoms with Gasteiger partial charge in [-0.1, -0.05) is 42.5 Å². The molecule has 8 heteroatoms. The van der Waals surface area contributed by atoms with Crippen LogP contribution in [0.5, 0.6) is 5.75 Å². The maximum absolute atomic E-state index is 12.1. The molecule has 0 aliphatic carbocycles. The molecule has 0 saturated heterocycles. The van der Waals surface area contributed by atoms with Crippen LogP contribution in [0.2, 0.25) is 0 Å². The Kier molecular flexibility index (Phi) is 7.91. The van der Waals surface area contributed by atoms with Gasteiger partial charge >= 0.3 is 17.8 Å². The number of carbonyl (C=O) groups excluding carboxylic acids is 3. The van der Waals surface area contributed by atoms with Crippen LogP contribution < -0.4 is 15.5 Å². The number of esters is 1. The number of amides is 2. The average Bonchev–Trinajstić information content (AvgIpc) is 2.84. The second-order valence-corrected chi connectivity index (χ2v) is 6.98. The molecule has 0 spiro atoms. The summed E-state index contributed by atoms with van der Waals surface area (Å²) in [4.78, 5) is 35.6. The van der Waals surface area contributed by atoms with Gasteiger partial charge in [-0.05, 0) is 48.4 Å². The average molecular weight is 445 g/mol. The zero-order valence-corrected chi connectivity index (χ0v) is 18.2. The van der Waals surface area contributed by atoms with Crippen LogP contribution in [-0.4, -0.2) is 31.1 Å². The van der Waals surface area contributed by atoms with Gasteiger partial charge in [-0.25, -0.2) is 10.2 Å². The quantitative estimate of drug-likeness (QED) is 0.251. The number of para-hydroxylation sites is 2. The monoisotopic (exact) mass is 445 g/mol. The van der Waals surface area contributed by atoms with Crippen molar-refractivity contribution in [1.82, 2.24) is 5.43 Å². The van der Waals surface area contributed by atoms with Crippen molar-refractivity contribution >= 4 is 29.7 Å². The van der Waals surface area contributed by atoms with E-state index < -0.39 is 17.8 Å². The standard InChI is InChI=1S/C25H23N3O5/c1-17-7-3-5-9-21(17)27-23(29)24(30)28-26-15-20-8-4-6-10-22(20)33-16-18-11-13-19(14-12-18)25(31)32-2/h3-15H,16H2,1-2H3,(H,27,29)(H,28,30)/b26-15-. The zero-order valence-electron chi connectivity index (χ0n) is 18.2. The number of methoxy groups -OCH3 is 1. The van der Waals surface area contributed by atoms with Crippen molar-refractivity contribution in [3.05, 3.63) is 95.1 Å². The van der Waals surface area contributed by atoms with E-state index in [-0.39, 0.29) is 6.61 Å². The first kappa shape index (κ1) is 23.2. The number of rotatable bonds is 7. The summed E-state index contributed by atoms with van der Waals surface area (Å²) in [6.07, 6.45) is 1.40. The van der Waals surface area contributed by atoms with Gasteiger partial charge in [-0.2, -0.15) is 5.10 Å². The van der Waals surface area contributed by atoms with Crippen LogP contribution in [-0.2, 0) is 20.9 Å². The zero-order chi connectivity index (χ0) is 23.6. The van der Waals surface area contributed by atoms with Gasteiger partial charge in [0.25, 0.3) is 0 Å². The van der Waals surface area contributed by atoms with Gasteiger partial charge in [0, 0.05) is 11.3 Å². The van der Waals surface area contributed by atoms with Gasteiger partial charge in [0.05, 0.1) is 18.9 Å². The SMILES string of the molecule is COC(=O)c1ccc(COc2ccccc2/C=N\NC(=O)C(=O)Nc2ccccc2C)cc1. The largest absolute Gasteiger partial charge is 0.488 e. The lowest BCUT2D eigenvalue weighted by Gasteiger charge is -2.09. The van der Waals surface area contributed by atoms with E-state index in [1.54, 1.807) is 60.7 Å². The number of hydrazone groups is 1. The van der Waals surface area contributed by atoms with Gasteiger partial charge in [0.2, 0.25) is 0 Å². The number of nitrogens with one attached hydrogen (secondary N) is 2. The molecule has 3 aromatic carbocycles. The predicted octanol–water partition coefficient (Wildman–Crippen LogP) is 3.45. The van der Waals surface area contributed by atoms with Crippen molar-refractivity contribution in [2.45, 2.75) is 13.5 Å². The fourth-order valence-corrected chi connectivity index (χ4v) is 2.84. The molecule has 2 amide bonds. The van der Waals surface area contributed by atoms with E-state index in [0.29, 0.717) is 22.6 Å². The summed E-state index contributed by atoms with van der Waals surface area (Å²) >= 11 is 0. The third kappa shape index (κ3) is 6.51. The van der Waals surface area contributed by atoms with Crippen LogP contribution in [0.3, 0.4) is 0 Å². The first-order valence-corrected chi connectivity index (χ1v) is 10.1. The van der Waals surface area contributed by atoms with E-state index >= 15 is 0 Å². The number of carbonyl (C=O) groups is 3. The number of hydrogen-bond donors (Lipinski definition) is 2. The number of ether oxygens (including phenoxy) is 2. The smallest absolute Gasteiger partial charge is 0.337 e. The molecule has 0 aliphatic rings. The number of benzene rings is 3. The predicted molar refractivity (Wildman–Crippen MR) is 124 cm³/mol. The summed E-state index contributed by atoms with van der Waals surface area (Å²) in [5.41, 5.74) is 5.54. The summed E-state index contributed by atoms with van der Waals surface area (Å²) in [5.74, 6) is -1.57. The molecule has 0 heterocycles. The summed E-state index contributed by atoms with van der Waals surface area (Å²) in [5, 5.41) is 6.41. The molecule has 0 saturated carbocycles. The highest BCUT2D eigenvalue weighted by Gasteiger charge is 2.13. The number of nitrogens with zero attached hydrogens (tertiary/aromatic N) is 1. The van der Waals surface area contributed by atoms with Crippen LogP contribution in [0, 0.1) is 6.92 Å². The third-order valence-corrected chi connectivity index (χ3v) is 4.66. The van der Waals surface area contributed by atoms with Gasteiger partial charge in [-0.15, -0.1) is 0 Å². The molecule has 0 radical (unpaired) electrons. The highest BCUT2D eigenvalue weighted by atomic mass is 16.5. The highest BCUT2D eigenvalue weighted by Crippen LogP contribution is 2.18. The van der Waals surface area contributed by atoms with Gasteiger partial charge in [0.1, 0.15) is 12.4 Å². The minimum Gasteiger partial charge on any atom is -0.488 e. The Morgan fingerprint density at radius 3 is 2.33 bits per heavy atom. The van der Waals surface area contributed by atoms with Crippen LogP contribution in [0.1, 0.15) is 27.0 Å². The van der Waals surface area contributed by atoms with Crippen LogP contribution in [0.15, 0.2) is 77.9 Å². The number of aryl methyl sites for hydroxylation is 1. The van der Waals surface area contributed by atoms with Crippen LogP contribution in [0.4, 0.5) is 5.69 Å². The Morgan fingerprint density at radius 2 is 1.61 bits per heavy atom. The van der Waals surface area contributed by atoms with Crippen molar-refractivity contribution in [3.8, 4) is 5.75 Å². The summed E-state index contributed by atoms with van der Waals surface area (Å²) in [6, 6.07) is 21.1. The second kappa shape index (κ2) is 11.2. The van der Waals surface area contributed by atoms with Crippen molar-refractivity contribution in [3.63, 3.8) is 0 Å². The van der Waals surface area contributed by atoms with Crippen LogP contribution >= 0.6 is 0 Å². The molecule has 0 atom stereocenters.